The summed E-state index contributed by atoms with van der Waals surface area (Å²) in [6.45, 7) is 4.45. The normalized spacial score (nSPS) is 11.0. The van der Waals surface area contributed by atoms with E-state index in [-0.39, 0.29) is 11.7 Å². The van der Waals surface area contributed by atoms with E-state index < -0.39 is 0 Å². The molecule has 8 nitrogen and oxygen atoms in total. The van der Waals surface area contributed by atoms with Crippen LogP contribution in [0.5, 0.6) is 0 Å². The summed E-state index contributed by atoms with van der Waals surface area (Å²) in [5.74, 6) is -0.234. The van der Waals surface area contributed by atoms with Crippen LogP contribution in [0.25, 0.3) is 16.9 Å². The molecular weight excluding hydrogens is 433 g/mol. The summed E-state index contributed by atoms with van der Waals surface area (Å²) in [6, 6.07) is 10.4. The van der Waals surface area contributed by atoms with Crippen LogP contribution in [0.3, 0.4) is 0 Å². The van der Waals surface area contributed by atoms with Crippen LogP contribution in [-0.4, -0.2) is 49.2 Å². The fourth-order valence-electron chi connectivity index (χ4n) is 4.09. The highest BCUT2D eigenvalue weighted by atomic mass is 19.1. The monoisotopic (exact) mass is 459 g/mol. The molecule has 0 fully saturated rings. The van der Waals surface area contributed by atoms with E-state index in [1.807, 2.05) is 26.0 Å². The Morgan fingerprint density at radius 1 is 1.26 bits per heavy atom. The van der Waals surface area contributed by atoms with Crippen molar-refractivity contribution in [2.75, 3.05) is 13.6 Å². The first-order valence-corrected chi connectivity index (χ1v) is 11.2. The average Bonchev–Trinajstić information content (AvgIpc) is 3.45. The maximum Gasteiger partial charge on any atom is 0.222 e. The van der Waals surface area contributed by atoms with Crippen LogP contribution in [0.1, 0.15) is 41.1 Å². The van der Waals surface area contributed by atoms with E-state index in [1.54, 1.807) is 22.5 Å². The molecule has 0 spiro atoms. The fourth-order valence-corrected chi connectivity index (χ4v) is 4.09. The number of rotatable bonds is 8. The van der Waals surface area contributed by atoms with E-state index in [1.165, 1.54) is 18.3 Å². The Morgan fingerprint density at radius 2 is 2.09 bits per heavy atom. The Labute approximate surface area is 197 Å². The van der Waals surface area contributed by atoms with E-state index >= 15 is 0 Å². The highest BCUT2D eigenvalue weighted by molar-refractivity contribution is 5.76. The van der Waals surface area contributed by atoms with Gasteiger partial charge in [-0.1, -0.05) is 12.1 Å². The first-order valence-electron chi connectivity index (χ1n) is 11.2. The number of hydrogen-bond acceptors (Lipinski definition) is 5. The molecule has 34 heavy (non-hydrogen) atoms. The van der Waals surface area contributed by atoms with Crippen molar-refractivity contribution in [1.82, 2.24) is 29.7 Å². The second kappa shape index (κ2) is 9.83. The van der Waals surface area contributed by atoms with Gasteiger partial charge in [-0.15, -0.1) is 0 Å². The summed E-state index contributed by atoms with van der Waals surface area (Å²) in [5.41, 5.74) is 6.05. The van der Waals surface area contributed by atoms with Crippen molar-refractivity contribution in [3.05, 3.63) is 70.6 Å². The van der Waals surface area contributed by atoms with Crippen LogP contribution in [0, 0.1) is 31.0 Å². The zero-order valence-corrected chi connectivity index (χ0v) is 19.5. The van der Waals surface area contributed by atoms with Crippen molar-refractivity contribution in [3.63, 3.8) is 0 Å². The molecule has 174 valence electrons. The number of hydrogen-bond donors (Lipinski definition) is 1. The molecule has 0 saturated carbocycles. The molecule has 0 aliphatic rings. The molecule has 4 rings (SSSR count). The van der Waals surface area contributed by atoms with Crippen molar-refractivity contribution >= 4 is 11.6 Å². The van der Waals surface area contributed by atoms with Gasteiger partial charge in [0.05, 0.1) is 11.9 Å². The zero-order chi connectivity index (χ0) is 24.2. The first-order chi connectivity index (χ1) is 16.4. The van der Waals surface area contributed by atoms with Gasteiger partial charge in [0, 0.05) is 42.7 Å². The van der Waals surface area contributed by atoms with Gasteiger partial charge >= 0.3 is 0 Å². The molecule has 3 heterocycles. The third-order valence-electron chi connectivity index (χ3n) is 6.03. The molecule has 9 heteroatoms. The molecule has 0 bridgehead atoms. The lowest BCUT2D eigenvalue weighted by molar-refractivity contribution is -0.129. The minimum Gasteiger partial charge on any atom is -0.346 e. The SMILES string of the molecule is Cc1nc2c(C#N)cnn2c(C)c1CCC(=O)N(C)CCCc1cc(-c2cccc(F)c2)n[nH]1. The van der Waals surface area contributed by atoms with Crippen LogP contribution in [0.15, 0.2) is 36.5 Å². The zero-order valence-electron chi connectivity index (χ0n) is 19.5. The Hall–Kier alpha value is -4.06. The number of halogens is 1. The summed E-state index contributed by atoms with van der Waals surface area (Å²) in [4.78, 5) is 19.0. The molecule has 1 aromatic carbocycles. The molecule has 0 saturated heterocycles. The fraction of sp³-hybridized carbons (Fsp3) is 0.320. The Bertz CT molecular complexity index is 1380. The topological polar surface area (TPSA) is 103 Å². The number of nitriles is 1. The van der Waals surface area contributed by atoms with E-state index in [0.717, 1.165) is 41.1 Å². The lowest BCUT2D eigenvalue weighted by Gasteiger charge is -2.18. The Balaban J connectivity index is 1.30. The second-order valence-electron chi connectivity index (χ2n) is 8.37. The summed E-state index contributed by atoms with van der Waals surface area (Å²) in [6.07, 6.45) is 3.95. The third-order valence-corrected chi connectivity index (χ3v) is 6.03. The smallest absolute Gasteiger partial charge is 0.222 e. The Kier molecular flexibility index (Phi) is 6.68. The summed E-state index contributed by atoms with van der Waals surface area (Å²) in [7, 11) is 1.81. The highest BCUT2D eigenvalue weighted by Gasteiger charge is 2.16. The number of aromatic amines is 1. The molecule has 0 aliphatic heterocycles. The summed E-state index contributed by atoms with van der Waals surface area (Å²) in [5, 5.41) is 20.7. The van der Waals surface area contributed by atoms with Gasteiger partial charge in [-0.25, -0.2) is 13.9 Å². The number of aromatic nitrogens is 5. The number of aryl methyl sites for hydroxylation is 3. The van der Waals surface area contributed by atoms with Gasteiger partial charge in [-0.3, -0.25) is 9.89 Å². The molecule has 4 aromatic rings. The number of nitrogens with one attached hydrogen (secondary N) is 1. The van der Waals surface area contributed by atoms with Crippen LogP contribution in [0.4, 0.5) is 4.39 Å². The van der Waals surface area contributed by atoms with Crippen LogP contribution in [0.2, 0.25) is 0 Å². The number of fused-ring (bicyclic) bond motifs is 1. The van der Waals surface area contributed by atoms with Crippen molar-refractivity contribution in [1.29, 1.82) is 5.26 Å². The van der Waals surface area contributed by atoms with Gasteiger partial charge in [-0.05, 0) is 56.9 Å². The number of benzene rings is 1. The van der Waals surface area contributed by atoms with Crippen molar-refractivity contribution < 1.29 is 9.18 Å². The van der Waals surface area contributed by atoms with Crippen LogP contribution < -0.4 is 0 Å². The maximum absolute atomic E-state index is 13.4. The predicted molar refractivity (Wildman–Crippen MR) is 125 cm³/mol. The lowest BCUT2D eigenvalue weighted by Crippen LogP contribution is -2.28. The van der Waals surface area contributed by atoms with E-state index in [4.69, 9.17) is 0 Å². The van der Waals surface area contributed by atoms with Gasteiger partial charge in [0.25, 0.3) is 0 Å². The molecule has 0 radical (unpaired) electrons. The molecule has 1 amide bonds. The molecular formula is C25H26FN7O. The summed E-state index contributed by atoms with van der Waals surface area (Å²) < 4.78 is 15.1. The van der Waals surface area contributed by atoms with Gasteiger partial charge in [0.1, 0.15) is 17.4 Å². The standard InChI is InChI=1S/C25H26FN7O/c1-16-22(17(2)33-25(29-16)19(14-27)15-28-33)9-10-24(34)32(3)11-5-8-21-13-23(31-30-21)18-6-4-7-20(26)12-18/h4,6-7,12-13,15H,5,8-11H2,1-3H3,(H,30,31). The van der Waals surface area contributed by atoms with Crippen LogP contribution >= 0.6 is 0 Å². The number of H-pyrrole nitrogens is 1. The minimum absolute atomic E-state index is 0.0575. The molecule has 0 atom stereocenters. The number of nitrogens with zero attached hydrogens (tertiary/aromatic N) is 6. The maximum atomic E-state index is 13.4. The van der Waals surface area contributed by atoms with Gasteiger partial charge in [-0.2, -0.15) is 15.5 Å². The number of amides is 1. The van der Waals surface area contributed by atoms with Gasteiger partial charge in [0.2, 0.25) is 5.91 Å². The quantitative estimate of drug-likeness (QED) is 0.432. The number of carbonyl (C=O) groups is 1. The predicted octanol–water partition coefficient (Wildman–Crippen LogP) is 3.77. The number of carbonyl (C=O) groups excluding carboxylic acids is 1. The minimum atomic E-state index is -0.292. The summed E-state index contributed by atoms with van der Waals surface area (Å²) >= 11 is 0. The first kappa shape index (κ1) is 23.1. The van der Waals surface area contributed by atoms with Crippen molar-refractivity contribution in [2.24, 2.45) is 0 Å². The molecule has 3 aromatic heterocycles. The molecule has 1 N–H and O–H groups in total. The van der Waals surface area contributed by atoms with Gasteiger partial charge < -0.3 is 4.90 Å². The molecule has 0 unspecified atom stereocenters. The van der Waals surface area contributed by atoms with Crippen molar-refractivity contribution in [3.8, 4) is 17.3 Å². The van der Waals surface area contributed by atoms with E-state index in [2.05, 4.69) is 26.3 Å². The lowest BCUT2D eigenvalue weighted by atomic mass is 10.1. The van der Waals surface area contributed by atoms with Crippen molar-refractivity contribution in [2.45, 2.75) is 39.5 Å². The van der Waals surface area contributed by atoms with Crippen LogP contribution in [-0.2, 0) is 17.6 Å². The average molecular weight is 460 g/mol. The van der Waals surface area contributed by atoms with E-state index in [9.17, 15) is 14.4 Å². The highest BCUT2D eigenvalue weighted by Crippen LogP contribution is 2.20. The second-order valence-corrected chi connectivity index (χ2v) is 8.37. The largest absolute Gasteiger partial charge is 0.346 e. The van der Waals surface area contributed by atoms with E-state index in [0.29, 0.717) is 36.3 Å². The Morgan fingerprint density at radius 3 is 2.85 bits per heavy atom. The third kappa shape index (κ3) is 4.81. The van der Waals surface area contributed by atoms with Gasteiger partial charge in [0.15, 0.2) is 5.65 Å². The molecule has 0 aliphatic carbocycles.